The summed E-state index contributed by atoms with van der Waals surface area (Å²) < 4.78 is 0. The van der Waals surface area contributed by atoms with Crippen molar-refractivity contribution < 1.29 is 4.79 Å². The van der Waals surface area contributed by atoms with Gasteiger partial charge in [0.2, 0.25) is 5.91 Å². The average Bonchev–Trinajstić information content (AvgIpc) is 2.64. The Morgan fingerprint density at radius 3 is 3.00 bits per heavy atom. The molecule has 3 N–H and O–H groups in total. The van der Waals surface area contributed by atoms with E-state index in [1.165, 1.54) is 11.3 Å². The van der Waals surface area contributed by atoms with Crippen molar-refractivity contribution in [1.29, 1.82) is 0 Å². The highest BCUT2D eigenvalue weighted by Crippen LogP contribution is 2.11. The molecule has 0 aliphatic carbocycles. The van der Waals surface area contributed by atoms with Gasteiger partial charge in [-0.1, -0.05) is 0 Å². The Labute approximate surface area is 99.7 Å². The molecule has 1 amide bonds. The minimum absolute atomic E-state index is 0.0846. The van der Waals surface area contributed by atoms with Gasteiger partial charge in [-0.15, -0.1) is 11.3 Å². The zero-order valence-corrected chi connectivity index (χ0v) is 10.5. The zero-order valence-electron chi connectivity index (χ0n) is 9.69. The zero-order chi connectivity index (χ0) is 12.0. The number of likely N-dealkylation sites (N-methyl/N-ethyl adjacent to an activating group) is 1. The molecular formula is C10H18N4OS. The van der Waals surface area contributed by atoms with Crippen LogP contribution in [0.15, 0.2) is 5.38 Å². The second kappa shape index (κ2) is 6.44. The van der Waals surface area contributed by atoms with Crippen LogP contribution in [0.25, 0.3) is 0 Å². The second-order valence-electron chi connectivity index (χ2n) is 3.63. The normalized spacial score (nSPS) is 10.4. The molecule has 0 radical (unpaired) electrons. The molecule has 1 aromatic heterocycles. The number of anilines is 1. The maximum Gasteiger partial charge on any atom is 0.228 e. The van der Waals surface area contributed by atoms with Gasteiger partial charge in [-0.05, 0) is 20.0 Å². The minimum atomic E-state index is 0.0846. The first-order valence-electron chi connectivity index (χ1n) is 5.22. The molecule has 0 saturated heterocycles. The number of hydrogen-bond donors (Lipinski definition) is 2. The topological polar surface area (TPSA) is 71.2 Å². The van der Waals surface area contributed by atoms with Crippen LogP contribution in [0.1, 0.15) is 12.1 Å². The molecule has 0 aromatic carbocycles. The second-order valence-corrected chi connectivity index (χ2v) is 4.52. The number of thiazole rings is 1. The Morgan fingerprint density at radius 2 is 2.44 bits per heavy atom. The van der Waals surface area contributed by atoms with E-state index in [2.05, 4.69) is 10.3 Å². The van der Waals surface area contributed by atoms with Crippen molar-refractivity contribution in [2.24, 2.45) is 0 Å². The first-order chi connectivity index (χ1) is 7.63. The van der Waals surface area contributed by atoms with Crippen LogP contribution < -0.4 is 11.1 Å². The number of carbonyl (C=O) groups excluding carboxylic acids is 1. The molecule has 0 spiro atoms. The molecular weight excluding hydrogens is 224 g/mol. The number of aromatic nitrogens is 1. The smallest absolute Gasteiger partial charge is 0.228 e. The fourth-order valence-electron chi connectivity index (χ4n) is 1.31. The van der Waals surface area contributed by atoms with Gasteiger partial charge in [-0.3, -0.25) is 4.79 Å². The molecule has 0 unspecified atom stereocenters. The molecule has 1 aromatic rings. The van der Waals surface area contributed by atoms with Gasteiger partial charge in [0.1, 0.15) is 0 Å². The Kier molecular flexibility index (Phi) is 5.21. The molecule has 16 heavy (non-hydrogen) atoms. The summed E-state index contributed by atoms with van der Waals surface area (Å²) in [5.74, 6) is 0.0846. The van der Waals surface area contributed by atoms with Crippen molar-refractivity contribution in [2.75, 3.05) is 32.9 Å². The Hall–Kier alpha value is -1.14. The first kappa shape index (κ1) is 12.9. The minimum Gasteiger partial charge on any atom is -0.375 e. The number of nitrogens with zero attached hydrogens (tertiary/aromatic N) is 2. The molecule has 0 fully saturated rings. The monoisotopic (exact) mass is 242 g/mol. The van der Waals surface area contributed by atoms with Gasteiger partial charge in [0.25, 0.3) is 0 Å². The van der Waals surface area contributed by atoms with E-state index in [0.717, 1.165) is 25.2 Å². The maximum absolute atomic E-state index is 11.7. The molecule has 0 bridgehead atoms. The van der Waals surface area contributed by atoms with Gasteiger partial charge in [-0.25, -0.2) is 4.98 Å². The van der Waals surface area contributed by atoms with Crippen LogP contribution in [0.2, 0.25) is 0 Å². The quantitative estimate of drug-likeness (QED) is 0.706. The van der Waals surface area contributed by atoms with Crippen molar-refractivity contribution in [1.82, 2.24) is 15.2 Å². The molecule has 6 heteroatoms. The first-order valence-corrected chi connectivity index (χ1v) is 6.10. The fraction of sp³-hybridized carbons (Fsp3) is 0.600. The largest absolute Gasteiger partial charge is 0.375 e. The van der Waals surface area contributed by atoms with Crippen LogP contribution in [0, 0.1) is 0 Å². The lowest BCUT2D eigenvalue weighted by molar-refractivity contribution is -0.129. The van der Waals surface area contributed by atoms with Crippen LogP contribution in [-0.2, 0) is 11.2 Å². The summed E-state index contributed by atoms with van der Waals surface area (Å²) in [6, 6.07) is 0. The Morgan fingerprint density at radius 1 is 1.69 bits per heavy atom. The van der Waals surface area contributed by atoms with Crippen molar-refractivity contribution in [3.63, 3.8) is 0 Å². The van der Waals surface area contributed by atoms with E-state index in [1.54, 1.807) is 4.90 Å². The lowest BCUT2D eigenvalue weighted by atomic mass is 10.3. The van der Waals surface area contributed by atoms with E-state index in [1.807, 2.05) is 19.5 Å². The molecule has 0 atom stereocenters. The van der Waals surface area contributed by atoms with Gasteiger partial charge < -0.3 is 16.0 Å². The molecule has 90 valence electrons. The highest BCUT2D eigenvalue weighted by molar-refractivity contribution is 7.13. The number of nitrogens with two attached hydrogens (primary N) is 1. The third-order valence-electron chi connectivity index (χ3n) is 2.25. The Balaban J connectivity index is 2.34. The third kappa shape index (κ3) is 4.16. The molecule has 1 heterocycles. The summed E-state index contributed by atoms with van der Waals surface area (Å²) in [4.78, 5) is 17.5. The van der Waals surface area contributed by atoms with Crippen molar-refractivity contribution in [3.8, 4) is 0 Å². The van der Waals surface area contributed by atoms with E-state index in [9.17, 15) is 4.79 Å². The van der Waals surface area contributed by atoms with E-state index >= 15 is 0 Å². The van der Waals surface area contributed by atoms with Crippen molar-refractivity contribution in [3.05, 3.63) is 11.1 Å². The summed E-state index contributed by atoms with van der Waals surface area (Å²) in [7, 11) is 3.72. The van der Waals surface area contributed by atoms with Crippen molar-refractivity contribution in [2.45, 2.75) is 12.8 Å². The summed E-state index contributed by atoms with van der Waals surface area (Å²) in [5, 5.41) is 5.39. The SMILES string of the molecule is CNCCCN(C)C(=O)Cc1csc(N)n1. The predicted octanol–water partition coefficient (Wildman–Crippen LogP) is 0.336. The molecule has 0 aliphatic rings. The van der Waals surface area contributed by atoms with Crippen molar-refractivity contribution >= 4 is 22.4 Å². The van der Waals surface area contributed by atoms with E-state index in [-0.39, 0.29) is 5.91 Å². The summed E-state index contributed by atoms with van der Waals surface area (Å²) in [5.41, 5.74) is 6.26. The van der Waals surface area contributed by atoms with Crippen LogP contribution in [-0.4, -0.2) is 43.0 Å². The summed E-state index contributed by atoms with van der Waals surface area (Å²) in [6.45, 7) is 1.68. The van der Waals surface area contributed by atoms with Crippen LogP contribution >= 0.6 is 11.3 Å². The number of hydrogen-bond acceptors (Lipinski definition) is 5. The predicted molar refractivity (Wildman–Crippen MR) is 66.4 cm³/mol. The molecule has 1 rings (SSSR count). The average molecular weight is 242 g/mol. The van der Waals surface area contributed by atoms with Gasteiger partial charge >= 0.3 is 0 Å². The molecule has 5 nitrogen and oxygen atoms in total. The lowest BCUT2D eigenvalue weighted by Gasteiger charge is -2.16. The number of amides is 1. The highest BCUT2D eigenvalue weighted by Gasteiger charge is 2.10. The molecule has 0 aliphatic heterocycles. The van der Waals surface area contributed by atoms with Crippen LogP contribution in [0.5, 0.6) is 0 Å². The summed E-state index contributed by atoms with van der Waals surface area (Å²) >= 11 is 1.37. The Bertz CT molecular complexity index is 339. The van der Waals surface area contributed by atoms with E-state index < -0.39 is 0 Å². The standard InChI is InChI=1S/C10H18N4OS/c1-12-4-3-5-14(2)9(15)6-8-7-16-10(11)13-8/h7,12H,3-6H2,1-2H3,(H2,11,13). The number of rotatable bonds is 6. The van der Waals surface area contributed by atoms with Gasteiger partial charge in [0, 0.05) is 19.0 Å². The fourth-order valence-corrected chi connectivity index (χ4v) is 1.87. The number of nitrogen functional groups attached to an aromatic ring is 1. The number of carbonyl (C=O) groups is 1. The van der Waals surface area contributed by atoms with Gasteiger partial charge in [-0.2, -0.15) is 0 Å². The van der Waals surface area contributed by atoms with Crippen LogP contribution in [0.4, 0.5) is 5.13 Å². The lowest BCUT2D eigenvalue weighted by Crippen LogP contribution is -2.30. The van der Waals surface area contributed by atoms with Crippen LogP contribution in [0.3, 0.4) is 0 Å². The van der Waals surface area contributed by atoms with Gasteiger partial charge in [0.15, 0.2) is 5.13 Å². The maximum atomic E-state index is 11.7. The third-order valence-corrected chi connectivity index (χ3v) is 2.97. The number of nitrogens with one attached hydrogen (secondary N) is 1. The van der Waals surface area contributed by atoms with E-state index in [0.29, 0.717) is 11.6 Å². The van der Waals surface area contributed by atoms with E-state index in [4.69, 9.17) is 5.73 Å². The summed E-state index contributed by atoms with van der Waals surface area (Å²) in [6.07, 6.45) is 1.29. The molecule has 0 saturated carbocycles. The highest BCUT2D eigenvalue weighted by atomic mass is 32.1. The van der Waals surface area contributed by atoms with Gasteiger partial charge in [0.05, 0.1) is 12.1 Å².